The molecule has 0 bridgehead atoms. The molecule has 1 unspecified atom stereocenters. The van der Waals surface area contributed by atoms with Crippen molar-refractivity contribution in [3.05, 3.63) is 23.7 Å². The SMILES string of the molecule is COC(=O)c1ccc(C(C)(CN)OC)o1. The Hall–Kier alpha value is -1.33. The van der Waals surface area contributed by atoms with Gasteiger partial charge in [-0.1, -0.05) is 0 Å². The van der Waals surface area contributed by atoms with Crippen molar-refractivity contribution in [2.45, 2.75) is 12.5 Å². The number of carbonyl (C=O) groups excluding carboxylic acids is 1. The lowest BCUT2D eigenvalue weighted by atomic mass is 10.0. The summed E-state index contributed by atoms with van der Waals surface area (Å²) in [5.41, 5.74) is 4.85. The molecule has 15 heavy (non-hydrogen) atoms. The van der Waals surface area contributed by atoms with E-state index < -0.39 is 11.6 Å². The van der Waals surface area contributed by atoms with Crippen LogP contribution in [-0.4, -0.2) is 26.7 Å². The molecule has 0 saturated heterocycles. The average Bonchev–Trinajstić information content (AvgIpc) is 2.76. The highest BCUT2D eigenvalue weighted by Gasteiger charge is 2.29. The molecule has 0 amide bonds. The summed E-state index contributed by atoms with van der Waals surface area (Å²) in [5, 5.41) is 0. The van der Waals surface area contributed by atoms with E-state index in [9.17, 15) is 4.79 Å². The van der Waals surface area contributed by atoms with Gasteiger partial charge in [0.25, 0.3) is 0 Å². The second-order valence-corrected chi connectivity index (χ2v) is 3.29. The molecule has 0 radical (unpaired) electrons. The monoisotopic (exact) mass is 213 g/mol. The molecule has 0 aromatic carbocycles. The molecule has 1 heterocycles. The highest BCUT2D eigenvalue weighted by molar-refractivity contribution is 5.86. The predicted molar refractivity (Wildman–Crippen MR) is 53.5 cm³/mol. The molecule has 0 aliphatic rings. The van der Waals surface area contributed by atoms with E-state index in [0.29, 0.717) is 5.76 Å². The first kappa shape index (κ1) is 11.7. The summed E-state index contributed by atoms with van der Waals surface area (Å²) in [6.07, 6.45) is 0. The number of furan rings is 1. The normalized spacial score (nSPS) is 14.7. The second kappa shape index (κ2) is 4.46. The van der Waals surface area contributed by atoms with Gasteiger partial charge in [0.2, 0.25) is 5.76 Å². The number of carbonyl (C=O) groups is 1. The lowest BCUT2D eigenvalue weighted by Crippen LogP contribution is -2.33. The van der Waals surface area contributed by atoms with Gasteiger partial charge in [-0.25, -0.2) is 4.79 Å². The predicted octanol–water partition coefficient (Wildman–Crippen LogP) is 0.886. The van der Waals surface area contributed by atoms with Gasteiger partial charge in [-0.05, 0) is 19.1 Å². The van der Waals surface area contributed by atoms with Gasteiger partial charge >= 0.3 is 5.97 Å². The minimum Gasteiger partial charge on any atom is -0.463 e. The number of hydrogen-bond acceptors (Lipinski definition) is 5. The van der Waals surface area contributed by atoms with E-state index in [4.69, 9.17) is 14.9 Å². The van der Waals surface area contributed by atoms with Crippen LogP contribution >= 0.6 is 0 Å². The van der Waals surface area contributed by atoms with Gasteiger partial charge in [0.1, 0.15) is 11.4 Å². The summed E-state index contributed by atoms with van der Waals surface area (Å²) in [4.78, 5) is 11.1. The Morgan fingerprint density at radius 3 is 2.67 bits per heavy atom. The fourth-order valence-corrected chi connectivity index (χ4v) is 1.12. The summed E-state index contributed by atoms with van der Waals surface area (Å²) in [7, 11) is 2.83. The van der Waals surface area contributed by atoms with Crippen LogP contribution in [-0.2, 0) is 15.1 Å². The molecule has 0 saturated carbocycles. The molecule has 1 atom stereocenters. The van der Waals surface area contributed by atoms with Crippen molar-refractivity contribution in [1.82, 2.24) is 0 Å². The number of hydrogen-bond donors (Lipinski definition) is 1. The Balaban J connectivity index is 2.97. The Labute approximate surface area is 88.1 Å². The number of esters is 1. The number of ether oxygens (including phenoxy) is 2. The van der Waals surface area contributed by atoms with Gasteiger partial charge in [0.05, 0.1) is 7.11 Å². The van der Waals surface area contributed by atoms with Crippen LogP contribution < -0.4 is 5.73 Å². The molecule has 0 aliphatic carbocycles. The van der Waals surface area contributed by atoms with Gasteiger partial charge in [0.15, 0.2) is 0 Å². The zero-order chi connectivity index (χ0) is 11.5. The Morgan fingerprint density at radius 1 is 1.53 bits per heavy atom. The van der Waals surface area contributed by atoms with Crippen LogP contribution in [0.2, 0.25) is 0 Å². The molecule has 0 fully saturated rings. The molecular weight excluding hydrogens is 198 g/mol. The third-order valence-electron chi connectivity index (χ3n) is 2.35. The fourth-order valence-electron chi connectivity index (χ4n) is 1.12. The van der Waals surface area contributed by atoms with Crippen molar-refractivity contribution in [3.8, 4) is 0 Å². The Morgan fingerprint density at radius 2 is 2.20 bits per heavy atom. The van der Waals surface area contributed by atoms with Crippen molar-refractivity contribution in [1.29, 1.82) is 0 Å². The molecule has 0 aliphatic heterocycles. The lowest BCUT2D eigenvalue weighted by molar-refractivity contribution is -0.00900. The van der Waals surface area contributed by atoms with Crippen molar-refractivity contribution in [2.75, 3.05) is 20.8 Å². The van der Waals surface area contributed by atoms with E-state index in [1.54, 1.807) is 13.0 Å². The standard InChI is InChI=1S/C10H15NO4/c1-10(6-11,14-3)8-5-4-7(15-8)9(12)13-2/h4-5H,6,11H2,1-3H3. The van der Waals surface area contributed by atoms with E-state index in [-0.39, 0.29) is 12.3 Å². The second-order valence-electron chi connectivity index (χ2n) is 3.29. The van der Waals surface area contributed by atoms with Gasteiger partial charge < -0.3 is 19.6 Å². The van der Waals surface area contributed by atoms with Crippen LogP contribution in [0.1, 0.15) is 23.2 Å². The zero-order valence-corrected chi connectivity index (χ0v) is 9.07. The molecule has 5 heteroatoms. The van der Waals surface area contributed by atoms with Crippen molar-refractivity contribution in [3.63, 3.8) is 0 Å². The lowest BCUT2D eigenvalue weighted by Gasteiger charge is -2.23. The first-order valence-electron chi connectivity index (χ1n) is 4.51. The number of rotatable bonds is 4. The topological polar surface area (TPSA) is 74.7 Å². The van der Waals surface area contributed by atoms with Crippen LogP contribution in [0.25, 0.3) is 0 Å². The van der Waals surface area contributed by atoms with Crippen molar-refractivity contribution in [2.24, 2.45) is 5.73 Å². The molecule has 1 aromatic rings. The summed E-state index contributed by atoms with van der Waals surface area (Å²) in [6, 6.07) is 3.19. The van der Waals surface area contributed by atoms with Gasteiger partial charge in [-0.15, -0.1) is 0 Å². The minimum absolute atomic E-state index is 0.143. The third kappa shape index (κ3) is 2.19. The molecule has 1 rings (SSSR count). The fraction of sp³-hybridized carbons (Fsp3) is 0.500. The van der Waals surface area contributed by atoms with Crippen LogP contribution in [0.5, 0.6) is 0 Å². The van der Waals surface area contributed by atoms with Crippen molar-refractivity contribution < 1.29 is 18.7 Å². The smallest absolute Gasteiger partial charge is 0.373 e. The average molecular weight is 213 g/mol. The molecular formula is C10H15NO4. The number of nitrogens with two attached hydrogens (primary N) is 1. The van der Waals surface area contributed by atoms with Gasteiger partial charge in [-0.2, -0.15) is 0 Å². The summed E-state index contributed by atoms with van der Waals surface area (Å²) < 4.78 is 15.1. The van der Waals surface area contributed by atoms with Crippen LogP contribution in [0.3, 0.4) is 0 Å². The molecule has 84 valence electrons. The van der Waals surface area contributed by atoms with E-state index in [1.165, 1.54) is 20.3 Å². The Kier molecular flexibility index (Phi) is 3.49. The maximum absolute atomic E-state index is 11.1. The highest BCUT2D eigenvalue weighted by Crippen LogP contribution is 2.25. The van der Waals surface area contributed by atoms with Crippen LogP contribution in [0, 0.1) is 0 Å². The number of methoxy groups -OCH3 is 2. The quantitative estimate of drug-likeness (QED) is 0.751. The summed E-state index contributed by atoms with van der Waals surface area (Å²) >= 11 is 0. The van der Waals surface area contributed by atoms with E-state index in [0.717, 1.165) is 0 Å². The summed E-state index contributed by atoms with van der Waals surface area (Å²) in [5.74, 6) is 0.133. The molecule has 0 spiro atoms. The minimum atomic E-state index is -0.716. The zero-order valence-electron chi connectivity index (χ0n) is 9.07. The van der Waals surface area contributed by atoms with E-state index in [2.05, 4.69) is 4.74 Å². The maximum atomic E-state index is 11.1. The molecule has 1 aromatic heterocycles. The Bertz CT molecular complexity index is 341. The van der Waals surface area contributed by atoms with Crippen LogP contribution in [0.4, 0.5) is 0 Å². The third-order valence-corrected chi connectivity index (χ3v) is 2.35. The maximum Gasteiger partial charge on any atom is 0.373 e. The van der Waals surface area contributed by atoms with E-state index >= 15 is 0 Å². The summed E-state index contributed by atoms with van der Waals surface area (Å²) in [6.45, 7) is 2.05. The van der Waals surface area contributed by atoms with Gasteiger partial charge in [0, 0.05) is 13.7 Å². The molecule has 2 N–H and O–H groups in total. The molecule has 5 nitrogen and oxygen atoms in total. The van der Waals surface area contributed by atoms with Crippen molar-refractivity contribution >= 4 is 5.97 Å². The first-order valence-corrected chi connectivity index (χ1v) is 4.51. The largest absolute Gasteiger partial charge is 0.463 e. The van der Waals surface area contributed by atoms with Crippen LogP contribution in [0.15, 0.2) is 16.5 Å². The first-order chi connectivity index (χ1) is 7.07. The van der Waals surface area contributed by atoms with E-state index in [1.807, 2.05) is 0 Å². The van der Waals surface area contributed by atoms with Gasteiger partial charge in [-0.3, -0.25) is 0 Å². The highest BCUT2D eigenvalue weighted by atomic mass is 16.5.